The molecule has 0 aliphatic rings. The van der Waals surface area contributed by atoms with E-state index in [1.54, 1.807) is 6.07 Å². The molecule has 0 heterocycles. The number of carboxylic acids is 1. The highest BCUT2D eigenvalue weighted by Crippen LogP contribution is 2.30. The molecule has 0 aliphatic heterocycles. The predicted octanol–water partition coefficient (Wildman–Crippen LogP) is 6.09. The van der Waals surface area contributed by atoms with Gasteiger partial charge in [-0.1, -0.05) is 49.7 Å². The van der Waals surface area contributed by atoms with Gasteiger partial charge in [0.25, 0.3) is 0 Å². The van der Waals surface area contributed by atoms with Gasteiger partial charge < -0.3 is 5.11 Å². The molecule has 0 unspecified atom stereocenters. The van der Waals surface area contributed by atoms with Gasteiger partial charge in [-0.05, 0) is 46.9 Å². The largest absolute Gasteiger partial charge is 0.477 e. The lowest BCUT2D eigenvalue weighted by atomic mass is 9.97. The smallest absolute Gasteiger partial charge is 0.341 e. The van der Waals surface area contributed by atoms with E-state index in [1.807, 2.05) is 24.3 Å². The Labute approximate surface area is 154 Å². The Morgan fingerprint density at radius 2 is 1.37 bits per heavy atom. The van der Waals surface area contributed by atoms with Crippen LogP contribution in [0.2, 0.25) is 0 Å². The van der Waals surface area contributed by atoms with Gasteiger partial charge in [-0.25, -0.2) is 18.0 Å². The minimum absolute atomic E-state index is 0.00362. The number of hydrogen-bond donors (Lipinski definition) is 1. The summed E-state index contributed by atoms with van der Waals surface area (Å²) in [7, 11) is 0. The number of rotatable bonds is 5. The van der Waals surface area contributed by atoms with E-state index in [1.165, 1.54) is 17.7 Å². The van der Waals surface area contributed by atoms with Gasteiger partial charge in [0.05, 0.1) is 0 Å². The summed E-state index contributed by atoms with van der Waals surface area (Å²) in [6.07, 6.45) is 2.01. The van der Waals surface area contributed by atoms with Crippen LogP contribution in [0.25, 0.3) is 22.3 Å². The van der Waals surface area contributed by atoms with Crippen molar-refractivity contribution in [2.24, 2.45) is 0 Å². The summed E-state index contributed by atoms with van der Waals surface area (Å²) in [4.78, 5) is 10.9. The number of halogens is 3. The molecule has 3 aromatic carbocycles. The number of benzene rings is 3. The molecule has 0 amide bonds. The van der Waals surface area contributed by atoms with Gasteiger partial charge in [0.15, 0.2) is 0 Å². The van der Waals surface area contributed by atoms with Gasteiger partial charge in [-0.3, -0.25) is 0 Å². The third kappa shape index (κ3) is 3.87. The average molecular weight is 370 g/mol. The van der Waals surface area contributed by atoms with E-state index in [0.717, 1.165) is 30.5 Å². The van der Waals surface area contributed by atoms with Gasteiger partial charge in [0.1, 0.15) is 23.0 Å². The molecular formula is C22H17F3O2. The summed E-state index contributed by atoms with van der Waals surface area (Å²) in [6, 6.07) is 13.8. The van der Waals surface area contributed by atoms with E-state index in [4.69, 9.17) is 5.11 Å². The van der Waals surface area contributed by atoms with Crippen LogP contribution in [0, 0.1) is 17.5 Å². The molecule has 2 nitrogen and oxygen atoms in total. The fourth-order valence-corrected chi connectivity index (χ4v) is 3.01. The second-order valence-corrected chi connectivity index (χ2v) is 6.26. The lowest BCUT2D eigenvalue weighted by molar-refractivity contribution is 0.0686. The van der Waals surface area contributed by atoms with Crippen molar-refractivity contribution in [3.8, 4) is 22.3 Å². The molecule has 0 aromatic heterocycles. The van der Waals surface area contributed by atoms with Crippen molar-refractivity contribution < 1.29 is 23.1 Å². The number of aromatic carboxylic acids is 1. The summed E-state index contributed by atoms with van der Waals surface area (Å²) in [6.45, 7) is 2.09. The highest BCUT2D eigenvalue weighted by Gasteiger charge is 2.19. The van der Waals surface area contributed by atoms with Gasteiger partial charge in [0.2, 0.25) is 0 Å². The van der Waals surface area contributed by atoms with Crippen LogP contribution in [0.1, 0.15) is 29.3 Å². The van der Waals surface area contributed by atoms with Gasteiger partial charge in [0, 0.05) is 5.56 Å². The zero-order chi connectivity index (χ0) is 19.6. The fraction of sp³-hybridized carbons (Fsp3) is 0.136. The molecule has 0 fully saturated rings. The number of hydrogen-bond acceptors (Lipinski definition) is 1. The molecule has 138 valence electrons. The number of carboxylic acid groups (broad SMARTS) is 1. The van der Waals surface area contributed by atoms with Crippen molar-refractivity contribution in [1.29, 1.82) is 0 Å². The van der Waals surface area contributed by atoms with E-state index >= 15 is 0 Å². The van der Waals surface area contributed by atoms with Crippen molar-refractivity contribution in [3.05, 3.63) is 83.2 Å². The van der Waals surface area contributed by atoms with Crippen LogP contribution < -0.4 is 0 Å². The second-order valence-electron chi connectivity index (χ2n) is 6.26. The standard InChI is InChI=1S/C22H17F3O2/c1-2-3-13-4-6-14(7-5-13)15-8-9-17(18(23)10-15)16-11-19(24)21(22(26)27)20(25)12-16/h4-12H,2-3H2,1H3,(H,26,27). The molecule has 5 heteroatoms. The molecule has 27 heavy (non-hydrogen) atoms. The van der Waals surface area contributed by atoms with E-state index in [2.05, 4.69) is 6.92 Å². The maximum absolute atomic E-state index is 14.6. The number of aryl methyl sites for hydroxylation is 1. The zero-order valence-corrected chi connectivity index (χ0v) is 14.6. The van der Waals surface area contributed by atoms with Crippen molar-refractivity contribution in [1.82, 2.24) is 0 Å². The quantitative estimate of drug-likeness (QED) is 0.590. The Morgan fingerprint density at radius 1 is 0.815 bits per heavy atom. The molecule has 0 spiro atoms. The molecule has 0 atom stereocenters. The Morgan fingerprint density at radius 3 is 1.89 bits per heavy atom. The first kappa shape index (κ1) is 18.7. The SMILES string of the molecule is CCCc1ccc(-c2ccc(-c3cc(F)c(C(=O)O)c(F)c3)c(F)c2)cc1. The highest BCUT2D eigenvalue weighted by molar-refractivity contribution is 5.89. The fourth-order valence-electron chi connectivity index (χ4n) is 3.01. The van der Waals surface area contributed by atoms with E-state index in [-0.39, 0.29) is 11.1 Å². The average Bonchev–Trinajstić information content (AvgIpc) is 2.61. The second kappa shape index (κ2) is 7.66. The van der Waals surface area contributed by atoms with Crippen LogP contribution in [0.15, 0.2) is 54.6 Å². The molecule has 3 aromatic rings. The first-order chi connectivity index (χ1) is 12.9. The molecule has 0 radical (unpaired) electrons. The van der Waals surface area contributed by atoms with E-state index in [0.29, 0.717) is 5.56 Å². The third-order valence-electron chi connectivity index (χ3n) is 4.36. The van der Waals surface area contributed by atoms with Gasteiger partial charge in [-0.2, -0.15) is 0 Å². The summed E-state index contributed by atoms with van der Waals surface area (Å²) in [5.41, 5.74) is 1.56. The monoisotopic (exact) mass is 370 g/mol. The molecule has 0 saturated carbocycles. The minimum Gasteiger partial charge on any atom is -0.477 e. The lowest BCUT2D eigenvalue weighted by Gasteiger charge is -2.09. The Hall–Kier alpha value is -3.08. The third-order valence-corrected chi connectivity index (χ3v) is 4.36. The number of carbonyl (C=O) groups is 1. The molecule has 0 aliphatic carbocycles. The molecule has 3 rings (SSSR count). The summed E-state index contributed by atoms with van der Waals surface area (Å²) >= 11 is 0. The van der Waals surface area contributed by atoms with Gasteiger partial charge in [-0.15, -0.1) is 0 Å². The lowest BCUT2D eigenvalue weighted by Crippen LogP contribution is -2.05. The van der Waals surface area contributed by atoms with Crippen LogP contribution in [0.3, 0.4) is 0 Å². The first-order valence-corrected chi connectivity index (χ1v) is 8.52. The maximum atomic E-state index is 14.6. The van der Waals surface area contributed by atoms with Crippen LogP contribution in [0.5, 0.6) is 0 Å². The molecule has 0 saturated heterocycles. The Kier molecular flexibility index (Phi) is 5.31. The predicted molar refractivity (Wildman–Crippen MR) is 98.1 cm³/mol. The van der Waals surface area contributed by atoms with Crippen molar-refractivity contribution in [2.75, 3.05) is 0 Å². The Bertz CT molecular complexity index is 972. The topological polar surface area (TPSA) is 37.3 Å². The Balaban J connectivity index is 1.97. The molecular weight excluding hydrogens is 353 g/mol. The molecule has 0 bridgehead atoms. The van der Waals surface area contributed by atoms with Crippen molar-refractivity contribution in [3.63, 3.8) is 0 Å². The minimum atomic E-state index is -1.71. The van der Waals surface area contributed by atoms with Crippen molar-refractivity contribution >= 4 is 5.97 Å². The molecule has 1 N–H and O–H groups in total. The van der Waals surface area contributed by atoms with Gasteiger partial charge >= 0.3 is 5.97 Å². The normalized spacial score (nSPS) is 10.8. The zero-order valence-electron chi connectivity index (χ0n) is 14.6. The summed E-state index contributed by atoms with van der Waals surface area (Å²) in [5, 5.41) is 8.82. The van der Waals surface area contributed by atoms with Crippen molar-refractivity contribution in [2.45, 2.75) is 19.8 Å². The maximum Gasteiger partial charge on any atom is 0.341 e. The summed E-state index contributed by atoms with van der Waals surface area (Å²) < 4.78 is 42.3. The first-order valence-electron chi connectivity index (χ1n) is 8.52. The van der Waals surface area contributed by atoms with Crippen LogP contribution >= 0.6 is 0 Å². The van der Waals surface area contributed by atoms with E-state index in [9.17, 15) is 18.0 Å². The van der Waals surface area contributed by atoms with E-state index < -0.39 is 29.0 Å². The van der Waals surface area contributed by atoms with Crippen LogP contribution in [-0.4, -0.2) is 11.1 Å². The summed E-state index contributed by atoms with van der Waals surface area (Å²) in [5.74, 6) is -4.84. The van der Waals surface area contributed by atoms with Crippen LogP contribution in [0.4, 0.5) is 13.2 Å². The van der Waals surface area contributed by atoms with Crippen LogP contribution in [-0.2, 0) is 6.42 Å². The highest BCUT2D eigenvalue weighted by atomic mass is 19.1.